The van der Waals surface area contributed by atoms with E-state index in [-0.39, 0.29) is 23.9 Å². The fraction of sp³-hybridized carbons (Fsp3) is 0.562. The number of hydrogen-bond donors (Lipinski definition) is 1. The minimum Gasteiger partial charge on any atom is -0.358 e. The van der Waals surface area contributed by atoms with Crippen LogP contribution in [-0.2, 0) is 4.79 Å². The standard InChI is InChI=1S/C16H22N4O2/c1-10-4-11(7-18-6-10)16(22)20-8-12-5-13(15(21)17-2)19(3)14(12)9-20/h4,6-7,12-14H,5,8-9H2,1-3H3,(H,17,21)/t12-,13-,14+/m0/s1. The molecule has 3 atom stereocenters. The van der Waals surface area contributed by atoms with Gasteiger partial charge in [-0.1, -0.05) is 0 Å². The fourth-order valence-electron chi connectivity index (χ4n) is 3.71. The summed E-state index contributed by atoms with van der Waals surface area (Å²) in [7, 11) is 3.65. The van der Waals surface area contributed by atoms with Crippen molar-refractivity contribution in [2.24, 2.45) is 5.92 Å². The van der Waals surface area contributed by atoms with E-state index in [1.54, 1.807) is 19.4 Å². The summed E-state index contributed by atoms with van der Waals surface area (Å²) < 4.78 is 0. The van der Waals surface area contributed by atoms with Gasteiger partial charge in [-0.15, -0.1) is 0 Å². The molecule has 1 aromatic rings. The van der Waals surface area contributed by atoms with E-state index < -0.39 is 0 Å². The van der Waals surface area contributed by atoms with Crippen LogP contribution in [0.4, 0.5) is 0 Å². The highest BCUT2D eigenvalue weighted by atomic mass is 16.2. The first-order valence-electron chi connectivity index (χ1n) is 7.65. The predicted octanol–water partition coefficient (Wildman–Crippen LogP) is 0.281. The minimum atomic E-state index is -0.0714. The average Bonchev–Trinajstić information content (AvgIpc) is 3.06. The summed E-state index contributed by atoms with van der Waals surface area (Å²) in [6, 6.07) is 2.07. The van der Waals surface area contributed by atoms with Crippen molar-refractivity contribution >= 4 is 11.8 Å². The lowest BCUT2D eigenvalue weighted by Gasteiger charge is -2.25. The number of hydrogen-bond acceptors (Lipinski definition) is 4. The summed E-state index contributed by atoms with van der Waals surface area (Å²) in [5.74, 6) is 0.474. The molecule has 0 saturated carbocycles. The first kappa shape index (κ1) is 15.0. The molecule has 0 unspecified atom stereocenters. The van der Waals surface area contributed by atoms with Gasteiger partial charge in [0.1, 0.15) is 0 Å². The third-order valence-corrected chi connectivity index (χ3v) is 4.91. The number of carbonyl (C=O) groups is 2. The monoisotopic (exact) mass is 302 g/mol. The van der Waals surface area contributed by atoms with Gasteiger partial charge in [0, 0.05) is 38.6 Å². The van der Waals surface area contributed by atoms with E-state index in [4.69, 9.17) is 0 Å². The lowest BCUT2D eigenvalue weighted by Crippen LogP contribution is -2.45. The highest BCUT2D eigenvalue weighted by Gasteiger charge is 2.47. The fourth-order valence-corrected chi connectivity index (χ4v) is 3.71. The molecular weight excluding hydrogens is 280 g/mol. The maximum Gasteiger partial charge on any atom is 0.255 e. The number of rotatable bonds is 2. The van der Waals surface area contributed by atoms with Gasteiger partial charge in [-0.3, -0.25) is 19.5 Å². The van der Waals surface area contributed by atoms with Crippen LogP contribution in [0, 0.1) is 12.8 Å². The molecule has 3 heterocycles. The Labute approximate surface area is 130 Å². The van der Waals surface area contributed by atoms with Crippen LogP contribution in [0.15, 0.2) is 18.5 Å². The molecule has 6 heteroatoms. The summed E-state index contributed by atoms with van der Waals surface area (Å²) in [4.78, 5) is 32.6. The molecule has 2 fully saturated rings. The summed E-state index contributed by atoms with van der Waals surface area (Å²) in [5, 5.41) is 2.72. The van der Waals surface area contributed by atoms with Crippen molar-refractivity contribution in [2.45, 2.75) is 25.4 Å². The molecule has 1 aromatic heterocycles. The molecule has 2 amide bonds. The van der Waals surface area contributed by atoms with Gasteiger partial charge in [0.2, 0.25) is 5.91 Å². The van der Waals surface area contributed by atoms with Gasteiger partial charge in [0.05, 0.1) is 11.6 Å². The number of aromatic nitrogens is 1. The maximum atomic E-state index is 12.6. The van der Waals surface area contributed by atoms with Crippen molar-refractivity contribution in [3.05, 3.63) is 29.6 Å². The first-order chi connectivity index (χ1) is 10.5. The molecular formula is C16H22N4O2. The Morgan fingerprint density at radius 1 is 1.32 bits per heavy atom. The Bertz CT molecular complexity index is 604. The number of nitrogens with zero attached hydrogens (tertiary/aromatic N) is 3. The first-order valence-corrected chi connectivity index (χ1v) is 7.65. The van der Waals surface area contributed by atoms with Crippen molar-refractivity contribution in [3.8, 4) is 0 Å². The van der Waals surface area contributed by atoms with Crippen molar-refractivity contribution in [2.75, 3.05) is 27.2 Å². The largest absolute Gasteiger partial charge is 0.358 e. The Balaban J connectivity index is 1.70. The second-order valence-corrected chi connectivity index (χ2v) is 6.32. The van der Waals surface area contributed by atoms with Crippen molar-refractivity contribution < 1.29 is 9.59 Å². The van der Waals surface area contributed by atoms with Crippen LogP contribution in [-0.4, -0.2) is 65.9 Å². The van der Waals surface area contributed by atoms with Gasteiger partial charge in [0.15, 0.2) is 0 Å². The third-order valence-electron chi connectivity index (χ3n) is 4.91. The van der Waals surface area contributed by atoms with Crippen molar-refractivity contribution in [3.63, 3.8) is 0 Å². The SMILES string of the molecule is CNC(=O)[C@@H]1C[C@H]2CN(C(=O)c3cncc(C)c3)C[C@H]2N1C. The van der Waals surface area contributed by atoms with E-state index in [0.717, 1.165) is 18.5 Å². The second-order valence-electron chi connectivity index (χ2n) is 6.32. The van der Waals surface area contributed by atoms with Gasteiger partial charge in [0.25, 0.3) is 5.91 Å². The third kappa shape index (κ3) is 2.47. The molecule has 0 aliphatic carbocycles. The molecule has 3 rings (SSSR count). The van der Waals surface area contributed by atoms with Gasteiger partial charge in [-0.2, -0.15) is 0 Å². The normalized spacial score (nSPS) is 27.8. The highest BCUT2D eigenvalue weighted by molar-refractivity contribution is 5.94. The second kappa shape index (κ2) is 5.68. The Hall–Kier alpha value is -1.95. The van der Waals surface area contributed by atoms with E-state index >= 15 is 0 Å². The van der Waals surface area contributed by atoms with Gasteiger partial charge < -0.3 is 10.2 Å². The topological polar surface area (TPSA) is 65.5 Å². The molecule has 2 saturated heterocycles. The molecule has 0 bridgehead atoms. The lowest BCUT2D eigenvalue weighted by atomic mass is 10.0. The summed E-state index contributed by atoms with van der Waals surface area (Å²) >= 11 is 0. The van der Waals surface area contributed by atoms with Crippen molar-refractivity contribution in [1.29, 1.82) is 0 Å². The predicted molar refractivity (Wildman–Crippen MR) is 82.4 cm³/mol. The molecule has 6 nitrogen and oxygen atoms in total. The number of amides is 2. The molecule has 1 N–H and O–H groups in total. The number of carbonyl (C=O) groups excluding carboxylic acids is 2. The van der Waals surface area contributed by atoms with Crippen LogP contribution in [0.1, 0.15) is 22.3 Å². The summed E-state index contributed by atoms with van der Waals surface area (Å²) in [5.41, 5.74) is 1.63. The van der Waals surface area contributed by atoms with Crippen LogP contribution < -0.4 is 5.32 Å². The molecule has 2 aliphatic rings. The van der Waals surface area contributed by atoms with Crippen molar-refractivity contribution in [1.82, 2.24) is 20.1 Å². The smallest absolute Gasteiger partial charge is 0.255 e. The number of likely N-dealkylation sites (N-methyl/N-ethyl adjacent to an activating group) is 2. The number of likely N-dealkylation sites (tertiary alicyclic amines) is 2. The van der Waals surface area contributed by atoms with Crippen LogP contribution in [0.2, 0.25) is 0 Å². The molecule has 118 valence electrons. The number of nitrogens with one attached hydrogen (secondary N) is 1. The van der Waals surface area contributed by atoms with E-state index in [9.17, 15) is 9.59 Å². The lowest BCUT2D eigenvalue weighted by molar-refractivity contribution is -0.125. The van der Waals surface area contributed by atoms with E-state index in [1.807, 2.05) is 24.9 Å². The molecule has 22 heavy (non-hydrogen) atoms. The van der Waals surface area contributed by atoms with E-state index in [0.29, 0.717) is 18.0 Å². The van der Waals surface area contributed by atoms with Gasteiger partial charge >= 0.3 is 0 Å². The maximum absolute atomic E-state index is 12.6. The Morgan fingerprint density at radius 2 is 2.09 bits per heavy atom. The zero-order chi connectivity index (χ0) is 15.9. The zero-order valence-corrected chi connectivity index (χ0v) is 13.2. The van der Waals surface area contributed by atoms with Crippen LogP contribution in [0.25, 0.3) is 0 Å². The number of pyridine rings is 1. The average molecular weight is 302 g/mol. The minimum absolute atomic E-state index is 0.0375. The zero-order valence-electron chi connectivity index (χ0n) is 13.2. The van der Waals surface area contributed by atoms with Crippen LogP contribution in [0.5, 0.6) is 0 Å². The highest BCUT2D eigenvalue weighted by Crippen LogP contribution is 2.35. The van der Waals surface area contributed by atoms with Gasteiger partial charge in [-0.25, -0.2) is 0 Å². The van der Waals surface area contributed by atoms with E-state index in [1.165, 1.54) is 0 Å². The summed E-state index contributed by atoms with van der Waals surface area (Å²) in [6.07, 6.45) is 4.19. The quantitative estimate of drug-likeness (QED) is 0.852. The van der Waals surface area contributed by atoms with Crippen LogP contribution >= 0.6 is 0 Å². The number of aryl methyl sites for hydroxylation is 1. The Morgan fingerprint density at radius 3 is 2.73 bits per heavy atom. The molecule has 0 spiro atoms. The van der Waals surface area contributed by atoms with Crippen LogP contribution in [0.3, 0.4) is 0 Å². The number of fused-ring (bicyclic) bond motifs is 1. The Kier molecular flexibility index (Phi) is 3.87. The van der Waals surface area contributed by atoms with Gasteiger partial charge in [-0.05, 0) is 37.9 Å². The molecule has 0 aromatic carbocycles. The molecule has 2 aliphatic heterocycles. The summed E-state index contributed by atoms with van der Waals surface area (Å²) in [6.45, 7) is 3.33. The molecule has 0 radical (unpaired) electrons. The van der Waals surface area contributed by atoms with E-state index in [2.05, 4.69) is 15.2 Å².